The van der Waals surface area contributed by atoms with Gasteiger partial charge >= 0.3 is 0 Å². The summed E-state index contributed by atoms with van der Waals surface area (Å²) < 4.78 is 0. The summed E-state index contributed by atoms with van der Waals surface area (Å²) in [5.41, 5.74) is 6.14. The first-order chi connectivity index (χ1) is 9.84. The van der Waals surface area contributed by atoms with E-state index in [4.69, 9.17) is 10.7 Å². The molecule has 1 aromatic rings. The smallest absolute Gasteiger partial charge is 0.223 e. The van der Waals surface area contributed by atoms with E-state index in [1.165, 1.54) is 38.5 Å². The first-order valence-corrected chi connectivity index (χ1v) is 8.37. The fourth-order valence-corrected chi connectivity index (χ4v) is 5.35. The second-order valence-corrected chi connectivity index (χ2v) is 8.79. The van der Waals surface area contributed by atoms with E-state index in [-0.39, 0.29) is 10.8 Å². The average molecular weight is 286 g/mol. The Morgan fingerprint density at radius 1 is 0.905 bits per heavy atom. The van der Waals surface area contributed by atoms with Crippen molar-refractivity contribution < 1.29 is 0 Å². The van der Waals surface area contributed by atoms with E-state index >= 15 is 0 Å². The second-order valence-electron chi connectivity index (χ2n) is 8.79. The van der Waals surface area contributed by atoms with Crippen LogP contribution in [0.1, 0.15) is 70.9 Å². The van der Waals surface area contributed by atoms with Crippen molar-refractivity contribution in [2.45, 2.75) is 70.1 Å². The number of nitrogens with two attached hydrogens (primary N) is 1. The first-order valence-electron chi connectivity index (χ1n) is 8.37. The fourth-order valence-electron chi connectivity index (χ4n) is 5.35. The van der Waals surface area contributed by atoms with Gasteiger partial charge in [-0.3, -0.25) is 0 Å². The Hall–Kier alpha value is -1.19. The SMILES string of the molecule is CC(C)(C)c1nc(N)nc(C23CC4CC(CC(C4)C2)C3)n1. The van der Waals surface area contributed by atoms with Crippen LogP contribution in [-0.4, -0.2) is 15.0 Å². The van der Waals surface area contributed by atoms with Gasteiger partial charge < -0.3 is 5.73 Å². The van der Waals surface area contributed by atoms with E-state index < -0.39 is 0 Å². The van der Waals surface area contributed by atoms with E-state index in [1.54, 1.807) is 0 Å². The largest absolute Gasteiger partial charge is 0.368 e. The van der Waals surface area contributed by atoms with Crippen LogP contribution < -0.4 is 5.73 Å². The van der Waals surface area contributed by atoms with Crippen LogP contribution in [0.15, 0.2) is 0 Å². The maximum absolute atomic E-state index is 6.01. The lowest BCUT2D eigenvalue weighted by Gasteiger charge is -2.56. The molecular weight excluding hydrogens is 260 g/mol. The molecule has 0 atom stereocenters. The van der Waals surface area contributed by atoms with Crippen LogP contribution >= 0.6 is 0 Å². The Morgan fingerprint density at radius 3 is 1.90 bits per heavy atom. The lowest BCUT2D eigenvalue weighted by molar-refractivity contribution is -0.00961. The molecule has 0 amide bonds. The quantitative estimate of drug-likeness (QED) is 0.861. The number of hydrogen-bond donors (Lipinski definition) is 1. The topological polar surface area (TPSA) is 64.7 Å². The van der Waals surface area contributed by atoms with Crippen molar-refractivity contribution in [2.24, 2.45) is 17.8 Å². The van der Waals surface area contributed by atoms with Gasteiger partial charge in [0.05, 0.1) is 0 Å². The molecule has 4 saturated carbocycles. The molecule has 0 aromatic carbocycles. The molecule has 0 spiro atoms. The maximum Gasteiger partial charge on any atom is 0.223 e. The lowest BCUT2D eigenvalue weighted by Crippen LogP contribution is -2.49. The highest BCUT2D eigenvalue weighted by Crippen LogP contribution is 2.60. The van der Waals surface area contributed by atoms with Gasteiger partial charge in [-0.2, -0.15) is 9.97 Å². The summed E-state index contributed by atoms with van der Waals surface area (Å²) >= 11 is 0. The molecule has 0 unspecified atom stereocenters. The van der Waals surface area contributed by atoms with E-state index in [0.717, 1.165) is 29.4 Å². The van der Waals surface area contributed by atoms with E-state index in [2.05, 4.69) is 30.7 Å². The molecule has 4 nitrogen and oxygen atoms in total. The first kappa shape index (κ1) is 13.5. The predicted molar refractivity (Wildman–Crippen MR) is 82.8 cm³/mol. The minimum absolute atomic E-state index is 0.0753. The highest BCUT2D eigenvalue weighted by atomic mass is 15.1. The molecule has 21 heavy (non-hydrogen) atoms. The molecule has 4 fully saturated rings. The second kappa shape index (κ2) is 4.17. The Labute approximate surface area is 127 Å². The molecule has 0 aliphatic heterocycles. The van der Waals surface area contributed by atoms with Gasteiger partial charge in [0, 0.05) is 10.8 Å². The number of hydrogen-bond acceptors (Lipinski definition) is 4. The third-order valence-corrected chi connectivity index (χ3v) is 5.84. The number of anilines is 1. The molecule has 114 valence electrons. The van der Waals surface area contributed by atoms with Gasteiger partial charge in [-0.05, 0) is 56.3 Å². The van der Waals surface area contributed by atoms with E-state index in [1.807, 2.05) is 0 Å². The van der Waals surface area contributed by atoms with Gasteiger partial charge in [-0.25, -0.2) is 4.98 Å². The molecule has 4 bridgehead atoms. The third kappa shape index (κ3) is 2.14. The Balaban J connectivity index is 1.78. The number of rotatable bonds is 1. The normalized spacial score (nSPS) is 38.0. The lowest BCUT2D eigenvalue weighted by atomic mass is 9.49. The molecule has 1 aromatic heterocycles. The van der Waals surface area contributed by atoms with Gasteiger partial charge in [-0.1, -0.05) is 20.8 Å². The maximum atomic E-state index is 6.01. The van der Waals surface area contributed by atoms with E-state index in [0.29, 0.717) is 5.95 Å². The molecule has 1 heterocycles. The highest BCUT2D eigenvalue weighted by Gasteiger charge is 2.53. The zero-order valence-corrected chi connectivity index (χ0v) is 13.4. The Morgan fingerprint density at radius 2 is 1.43 bits per heavy atom. The van der Waals surface area contributed by atoms with Crippen molar-refractivity contribution in [1.29, 1.82) is 0 Å². The minimum atomic E-state index is -0.0753. The molecule has 5 rings (SSSR count). The molecule has 0 radical (unpaired) electrons. The van der Waals surface area contributed by atoms with Crippen LogP contribution in [-0.2, 0) is 10.8 Å². The van der Waals surface area contributed by atoms with Crippen LogP contribution in [0.2, 0.25) is 0 Å². The molecule has 4 aliphatic carbocycles. The van der Waals surface area contributed by atoms with Gasteiger partial charge in [0.15, 0.2) is 0 Å². The van der Waals surface area contributed by atoms with E-state index in [9.17, 15) is 0 Å². The molecule has 0 saturated heterocycles. The molecule has 2 N–H and O–H groups in total. The molecular formula is C17H26N4. The van der Waals surface area contributed by atoms with Crippen LogP contribution in [0, 0.1) is 17.8 Å². The van der Waals surface area contributed by atoms with Gasteiger partial charge in [0.25, 0.3) is 0 Å². The summed E-state index contributed by atoms with van der Waals surface area (Å²) in [4.78, 5) is 13.9. The monoisotopic (exact) mass is 286 g/mol. The Bertz CT molecular complexity index is 537. The van der Waals surface area contributed by atoms with Gasteiger partial charge in [0.1, 0.15) is 11.6 Å². The molecule has 4 heteroatoms. The number of nitrogens with zero attached hydrogens (tertiary/aromatic N) is 3. The van der Waals surface area contributed by atoms with Crippen molar-refractivity contribution in [3.8, 4) is 0 Å². The van der Waals surface area contributed by atoms with Crippen molar-refractivity contribution in [3.05, 3.63) is 11.6 Å². The number of aromatic nitrogens is 3. The predicted octanol–water partition coefficient (Wildman–Crippen LogP) is 3.22. The minimum Gasteiger partial charge on any atom is -0.368 e. The summed E-state index contributed by atoms with van der Waals surface area (Å²) in [7, 11) is 0. The van der Waals surface area contributed by atoms with Gasteiger partial charge in [-0.15, -0.1) is 0 Å². The van der Waals surface area contributed by atoms with Crippen LogP contribution in [0.25, 0.3) is 0 Å². The van der Waals surface area contributed by atoms with Crippen LogP contribution in [0.3, 0.4) is 0 Å². The van der Waals surface area contributed by atoms with Crippen LogP contribution in [0.4, 0.5) is 5.95 Å². The fraction of sp³-hybridized carbons (Fsp3) is 0.824. The third-order valence-electron chi connectivity index (χ3n) is 5.84. The van der Waals surface area contributed by atoms with Crippen molar-refractivity contribution in [2.75, 3.05) is 5.73 Å². The van der Waals surface area contributed by atoms with Crippen LogP contribution in [0.5, 0.6) is 0 Å². The van der Waals surface area contributed by atoms with Crippen molar-refractivity contribution in [1.82, 2.24) is 15.0 Å². The number of nitrogen functional groups attached to an aromatic ring is 1. The van der Waals surface area contributed by atoms with Crippen molar-refractivity contribution >= 4 is 5.95 Å². The summed E-state index contributed by atoms with van der Waals surface area (Å²) in [6.45, 7) is 6.43. The van der Waals surface area contributed by atoms with Crippen molar-refractivity contribution in [3.63, 3.8) is 0 Å². The average Bonchev–Trinajstić information content (AvgIpc) is 2.35. The Kier molecular flexibility index (Phi) is 2.68. The highest BCUT2D eigenvalue weighted by molar-refractivity contribution is 5.25. The van der Waals surface area contributed by atoms with Gasteiger partial charge in [0.2, 0.25) is 5.95 Å². The summed E-state index contributed by atoms with van der Waals surface area (Å²) in [5.74, 6) is 4.94. The zero-order chi connectivity index (χ0) is 14.8. The summed E-state index contributed by atoms with van der Waals surface area (Å²) in [5, 5.41) is 0. The zero-order valence-electron chi connectivity index (χ0n) is 13.4. The molecule has 4 aliphatic rings. The summed E-state index contributed by atoms with van der Waals surface area (Å²) in [6.07, 6.45) is 8.12. The summed E-state index contributed by atoms with van der Waals surface area (Å²) in [6, 6.07) is 0. The standard InChI is InChI=1S/C17H26N4/c1-16(2,3)13-19-14(21-15(18)20-13)17-7-10-4-11(8-17)6-12(5-10)9-17/h10-12H,4-9H2,1-3H3,(H2,18,19,20,21).